The number of carbonyl (C=O) groups is 2. The lowest BCUT2D eigenvalue weighted by Gasteiger charge is -2.32. The molecule has 0 aromatic heterocycles. The number of nitrogens with one attached hydrogen (secondary N) is 1. The van der Waals surface area contributed by atoms with Crippen molar-refractivity contribution in [1.82, 2.24) is 10.2 Å². The SMILES string of the molecule is COc1ccc([C@H]2C[C@@H]2C(=O)N2CCC[C@H](C(=O)NC(C)C)C2)cc1. The Labute approximate surface area is 149 Å². The second-order valence-corrected chi connectivity index (χ2v) is 7.51. The molecule has 1 N–H and O–H groups in total. The first-order chi connectivity index (χ1) is 12.0. The van der Waals surface area contributed by atoms with E-state index < -0.39 is 0 Å². The van der Waals surface area contributed by atoms with Crippen LogP contribution in [0.25, 0.3) is 0 Å². The Bertz CT molecular complexity index is 626. The summed E-state index contributed by atoms with van der Waals surface area (Å²) in [5.74, 6) is 1.43. The quantitative estimate of drug-likeness (QED) is 0.893. The molecule has 1 aromatic rings. The van der Waals surface area contributed by atoms with Crippen LogP contribution in [0.3, 0.4) is 0 Å². The summed E-state index contributed by atoms with van der Waals surface area (Å²) in [6.45, 7) is 5.26. The zero-order valence-corrected chi connectivity index (χ0v) is 15.3. The molecule has 25 heavy (non-hydrogen) atoms. The van der Waals surface area contributed by atoms with E-state index in [1.54, 1.807) is 7.11 Å². The van der Waals surface area contributed by atoms with Crippen LogP contribution in [-0.2, 0) is 9.59 Å². The van der Waals surface area contributed by atoms with E-state index in [4.69, 9.17) is 4.74 Å². The van der Waals surface area contributed by atoms with E-state index in [-0.39, 0.29) is 29.7 Å². The molecule has 0 unspecified atom stereocenters. The minimum Gasteiger partial charge on any atom is -0.497 e. The zero-order chi connectivity index (χ0) is 18.0. The third-order valence-electron chi connectivity index (χ3n) is 5.19. The van der Waals surface area contributed by atoms with Gasteiger partial charge < -0.3 is 15.0 Å². The predicted molar refractivity (Wildman–Crippen MR) is 96.4 cm³/mol. The van der Waals surface area contributed by atoms with Crippen LogP contribution in [0, 0.1) is 11.8 Å². The first-order valence-electron chi connectivity index (χ1n) is 9.22. The zero-order valence-electron chi connectivity index (χ0n) is 15.3. The molecule has 0 radical (unpaired) electrons. The van der Waals surface area contributed by atoms with Gasteiger partial charge in [-0.15, -0.1) is 0 Å². The molecular weight excluding hydrogens is 316 g/mol. The number of amides is 2. The van der Waals surface area contributed by atoms with E-state index in [0.29, 0.717) is 12.5 Å². The summed E-state index contributed by atoms with van der Waals surface area (Å²) in [6, 6.07) is 8.13. The number of nitrogens with zero attached hydrogens (tertiary/aromatic N) is 1. The van der Waals surface area contributed by atoms with E-state index in [9.17, 15) is 9.59 Å². The molecule has 1 aromatic carbocycles. The van der Waals surface area contributed by atoms with Crippen molar-refractivity contribution in [2.75, 3.05) is 20.2 Å². The average molecular weight is 344 g/mol. The number of piperidine rings is 1. The first-order valence-corrected chi connectivity index (χ1v) is 9.22. The molecule has 1 aliphatic carbocycles. The number of carbonyl (C=O) groups excluding carboxylic acids is 2. The molecule has 0 spiro atoms. The van der Waals surface area contributed by atoms with Gasteiger partial charge in [0.1, 0.15) is 5.75 Å². The Morgan fingerprint density at radius 1 is 1.24 bits per heavy atom. The van der Waals surface area contributed by atoms with Crippen LogP contribution < -0.4 is 10.1 Å². The summed E-state index contributed by atoms with van der Waals surface area (Å²) in [5, 5.41) is 2.97. The second-order valence-electron chi connectivity index (χ2n) is 7.51. The summed E-state index contributed by atoms with van der Waals surface area (Å²) in [7, 11) is 1.65. The number of benzene rings is 1. The van der Waals surface area contributed by atoms with Gasteiger partial charge >= 0.3 is 0 Å². The van der Waals surface area contributed by atoms with E-state index in [2.05, 4.69) is 5.32 Å². The molecule has 5 heteroatoms. The van der Waals surface area contributed by atoms with Crippen molar-refractivity contribution in [1.29, 1.82) is 0 Å². The molecule has 2 aliphatic rings. The maximum absolute atomic E-state index is 12.8. The fourth-order valence-corrected chi connectivity index (χ4v) is 3.72. The normalized spacial score (nSPS) is 25.6. The average Bonchev–Trinajstić information content (AvgIpc) is 3.41. The lowest BCUT2D eigenvalue weighted by molar-refractivity contribution is -0.137. The predicted octanol–water partition coefficient (Wildman–Crippen LogP) is 2.56. The summed E-state index contributed by atoms with van der Waals surface area (Å²) in [4.78, 5) is 27.0. The van der Waals surface area contributed by atoms with Gasteiger partial charge in [0.15, 0.2) is 0 Å². The third-order valence-corrected chi connectivity index (χ3v) is 5.19. The topological polar surface area (TPSA) is 58.6 Å². The highest BCUT2D eigenvalue weighted by Gasteiger charge is 2.46. The summed E-state index contributed by atoms with van der Waals surface area (Å²) in [5.41, 5.74) is 1.20. The van der Waals surface area contributed by atoms with Gasteiger partial charge in [0.2, 0.25) is 11.8 Å². The smallest absolute Gasteiger partial charge is 0.226 e. The van der Waals surface area contributed by atoms with Crippen LogP contribution in [0.4, 0.5) is 0 Å². The lowest BCUT2D eigenvalue weighted by atomic mass is 9.96. The van der Waals surface area contributed by atoms with Crippen LogP contribution in [0.2, 0.25) is 0 Å². The summed E-state index contributed by atoms with van der Waals surface area (Å²) in [6.07, 6.45) is 2.68. The summed E-state index contributed by atoms with van der Waals surface area (Å²) >= 11 is 0. The van der Waals surface area contributed by atoms with Crippen molar-refractivity contribution in [2.45, 2.75) is 45.1 Å². The first kappa shape index (κ1) is 17.8. The van der Waals surface area contributed by atoms with Gasteiger partial charge in [-0.25, -0.2) is 0 Å². The van der Waals surface area contributed by atoms with Gasteiger partial charge in [-0.05, 0) is 56.7 Å². The third kappa shape index (κ3) is 4.14. The van der Waals surface area contributed by atoms with Crippen LogP contribution in [-0.4, -0.2) is 43.0 Å². The van der Waals surface area contributed by atoms with Gasteiger partial charge in [0.25, 0.3) is 0 Å². The molecule has 136 valence electrons. The fraction of sp³-hybridized carbons (Fsp3) is 0.600. The molecule has 2 fully saturated rings. The molecule has 1 saturated heterocycles. The molecule has 1 aliphatic heterocycles. The van der Waals surface area contributed by atoms with Gasteiger partial charge in [-0.1, -0.05) is 12.1 Å². The van der Waals surface area contributed by atoms with E-state index in [0.717, 1.165) is 31.6 Å². The maximum atomic E-state index is 12.8. The number of ether oxygens (including phenoxy) is 1. The minimum atomic E-state index is -0.0710. The van der Waals surface area contributed by atoms with E-state index in [1.165, 1.54) is 5.56 Å². The van der Waals surface area contributed by atoms with Gasteiger partial charge in [0, 0.05) is 25.0 Å². The number of hydrogen-bond donors (Lipinski definition) is 1. The van der Waals surface area contributed by atoms with Crippen LogP contribution in [0.5, 0.6) is 5.75 Å². The standard InChI is InChI=1S/C20H28N2O3/c1-13(2)21-19(23)15-5-4-10-22(12-15)20(24)18-11-17(18)14-6-8-16(25-3)9-7-14/h6-9,13,15,17-18H,4-5,10-12H2,1-3H3,(H,21,23)/t15-,17+,18-/m0/s1. The van der Waals surface area contributed by atoms with Crippen LogP contribution in [0.15, 0.2) is 24.3 Å². The number of rotatable bonds is 5. The Hall–Kier alpha value is -2.04. The number of methoxy groups -OCH3 is 1. The van der Waals surface area contributed by atoms with Crippen molar-refractivity contribution in [3.8, 4) is 5.75 Å². The molecule has 3 rings (SSSR count). The molecule has 0 bridgehead atoms. The van der Waals surface area contributed by atoms with Crippen molar-refractivity contribution < 1.29 is 14.3 Å². The Balaban J connectivity index is 1.57. The molecule has 1 saturated carbocycles. The van der Waals surface area contributed by atoms with E-state index in [1.807, 2.05) is 43.0 Å². The molecule has 2 amide bonds. The monoisotopic (exact) mass is 344 g/mol. The van der Waals surface area contributed by atoms with Crippen LogP contribution in [0.1, 0.15) is 44.6 Å². The fourth-order valence-electron chi connectivity index (χ4n) is 3.72. The number of likely N-dealkylation sites (tertiary alicyclic amines) is 1. The van der Waals surface area contributed by atoms with Crippen LogP contribution >= 0.6 is 0 Å². The van der Waals surface area contributed by atoms with Crippen molar-refractivity contribution in [3.63, 3.8) is 0 Å². The Morgan fingerprint density at radius 3 is 2.60 bits per heavy atom. The Morgan fingerprint density at radius 2 is 1.96 bits per heavy atom. The molecule has 3 atom stereocenters. The van der Waals surface area contributed by atoms with Gasteiger partial charge in [-0.3, -0.25) is 9.59 Å². The molecule has 1 heterocycles. The maximum Gasteiger partial charge on any atom is 0.226 e. The second kappa shape index (κ2) is 7.46. The highest BCUT2D eigenvalue weighted by molar-refractivity contribution is 5.85. The highest BCUT2D eigenvalue weighted by atomic mass is 16.5. The Kier molecular flexibility index (Phi) is 5.30. The van der Waals surface area contributed by atoms with Crippen molar-refractivity contribution in [3.05, 3.63) is 29.8 Å². The van der Waals surface area contributed by atoms with Gasteiger partial charge in [-0.2, -0.15) is 0 Å². The van der Waals surface area contributed by atoms with Crippen molar-refractivity contribution in [2.24, 2.45) is 11.8 Å². The number of hydrogen-bond acceptors (Lipinski definition) is 3. The van der Waals surface area contributed by atoms with E-state index >= 15 is 0 Å². The largest absolute Gasteiger partial charge is 0.497 e. The minimum absolute atomic E-state index is 0.0697. The van der Waals surface area contributed by atoms with Gasteiger partial charge in [0.05, 0.1) is 13.0 Å². The van der Waals surface area contributed by atoms with Crippen molar-refractivity contribution >= 4 is 11.8 Å². The molecule has 5 nitrogen and oxygen atoms in total. The lowest BCUT2D eigenvalue weighted by Crippen LogP contribution is -2.47. The summed E-state index contributed by atoms with van der Waals surface area (Å²) < 4.78 is 5.19. The molecular formula is C20H28N2O3. The highest BCUT2D eigenvalue weighted by Crippen LogP contribution is 2.49.